The molecule has 1 atom stereocenters. The van der Waals surface area contributed by atoms with Gasteiger partial charge >= 0.3 is 0 Å². The van der Waals surface area contributed by atoms with Crippen LogP contribution in [0.4, 0.5) is 0 Å². The average Bonchev–Trinajstić information content (AvgIpc) is 2.39. The van der Waals surface area contributed by atoms with Crippen molar-refractivity contribution in [3.8, 4) is 0 Å². The molecule has 1 unspecified atom stereocenters. The summed E-state index contributed by atoms with van der Waals surface area (Å²) in [6.07, 6.45) is 3.66. The van der Waals surface area contributed by atoms with Crippen LogP contribution in [-0.4, -0.2) is 13.1 Å². The number of halogens is 1. The number of rotatable bonds is 8. The zero-order chi connectivity index (χ0) is 13.4. The maximum atomic E-state index is 5.97. The first kappa shape index (κ1) is 15.5. The van der Waals surface area contributed by atoms with Crippen LogP contribution < -0.4 is 5.32 Å². The molecule has 0 fully saturated rings. The highest BCUT2D eigenvalue weighted by molar-refractivity contribution is 6.30. The van der Waals surface area contributed by atoms with E-state index >= 15 is 0 Å². The smallest absolute Gasteiger partial charge is 0.0406 e. The minimum Gasteiger partial charge on any atom is -0.316 e. The second kappa shape index (κ2) is 8.55. The van der Waals surface area contributed by atoms with Gasteiger partial charge in [-0.1, -0.05) is 57.3 Å². The van der Waals surface area contributed by atoms with Crippen LogP contribution in [0.2, 0.25) is 5.02 Å². The van der Waals surface area contributed by atoms with Crippen molar-refractivity contribution in [3.05, 3.63) is 34.9 Å². The third kappa shape index (κ3) is 4.62. The predicted octanol–water partition coefficient (Wildman–Crippen LogP) is 4.86. The molecule has 0 aliphatic rings. The van der Waals surface area contributed by atoms with Crippen molar-refractivity contribution in [1.82, 2.24) is 5.32 Å². The molecule has 0 saturated carbocycles. The van der Waals surface area contributed by atoms with Crippen LogP contribution in [0.3, 0.4) is 0 Å². The summed E-state index contributed by atoms with van der Waals surface area (Å²) in [4.78, 5) is 0. The predicted molar refractivity (Wildman–Crippen MR) is 81.4 cm³/mol. The van der Waals surface area contributed by atoms with Gasteiger partial charge in [0.1, 0.15) is 0 Å². The highest BCUT2D eigenvalue weighted by atomic mass is 35.5. The van der Waals surface area contributed by atoms with Gasteiger partial charge < -0.3 is 5.32 Å². The molecule has 0 bridgehead atoms. The van der Waals surface area contributed by atoms with E-state index < -0.39 is 0 Å². The SMILES string of the molecule is CCCNCC(c1ccc(Cl)cc1)C(CC)CC. The van der Waals surface area contributed by atoms with Gasteiger partial charge in [-0.25, -0.2) is 0 Å². The molecule has 0 radical (unpaired) electrons. The van der Waals surface area contributed by atoms with Gasteiger partial charge in [0.05, 0.1) is 0 Å². The van der Waals surface area contributed by atoms with E-state index in [1.807, 2.05) is 12.1 Å². The van der Waals surface area contributed by atoms with Crippen LogP contribution in [0.15, 0.2) is 24.3 Å². The quantitative estimate of drug-likeness (QED) is 0.664. The van der Waals surface area contributed by atoms with Crippen molar-refractivity contribution in [3.63, 3.8) is 0 Å². The lowest BCUT2D eigenvalue weighted by atomic mass is 9.82. The Labute approximate surface area is 117 Å². The monoisotopic (exact) mass is 267 g/mol. The van der Waals surface area contributed by atoms with Crippen molar-refractivity contribution in [2.24, 2.45) is 5.92 Å². The Balaban J connectivity index is 2.78. The number of nitrogens with one attached hydrogen (secondary N) is 1. The second-order valence-corrected chi connectivity index (χ2v) is 5.38. The summed E-state index contributed by atoms with van der Waals surface area (Å²) in [7, 11) is 0. The molecule has 0 amide bonds. The van der Waals surface area contributed by atoms with Gasteiger partial charge in [-0.05, 0) is 42.5 Å². The van der Waals surface area contributed by atoms with Gasteiger partial charge in [0.15, 0.2) is 0 Å². The van der Waals surface area contributed by atoms with Gasteiger partial charge in [0, 0.05) is 11.6 Å². The van der Waals surface area contributed by atoms with Crippen molar-refractivity contribution >= 4 is 11.6 Å². The first-order valence-corrected chi connectivity index (χ1v) is 7.56. The molecule has 1 aromatic rings. The topological polar surface area (TPSA) is 12.0 Å². The first-order chi connectivity index (χ1) is 8.72. The van der Waals surface area contributed by atoms with Crippen molar-refractivity contribution in [2.75, 3.05) is 13.1 Å². The summed E-state index contributed by atoms with van der Waals surface area (Å²) in [5.74, 6) is 1.35. The molecule has 1 rings (SSSR count). The third-order valence-electron chi connectivity index (χ3n) is 3.71. The average molecular weight is 268 g/mol. The molecule has 1 nitrogen and oxygen atoms in total. The molecule has 0 heterocycles. The van der Waals surface area contributed by atoms with E-state index in [9.17, 15) is 0 Å². The van der Waals surface area contributed by atoms with E-state index in [0.29, 0.717) is 5.92 Å². The molecular weight excluding hydrogens is 242 g/mol. The van der Waals surface area contributed by atoms with E-state index in [1.54, 1.807) is 0 Å². The second-order valence-electron chi connectivity index (χ2n) is 4.94. The summed E-state index contributed by atoms with van der Waals surface area (Å²) in [5.41, 5.74) is 1.41. The van der Waals surface area contributed by atoms with E-state index in [4.69, 9.17) is 11.6 Å². The van der Waals surface area contributed by atoms with E-state index in [-0.39, 0.29) is 0 Å². The van der Waals surface area contributed by atoms with Crippen LogP contribution in [0.1, 0.15) is 51.5 Å². The van der Waals surface area contributed by atoms with Gasteiger partial charge in [-0.2, -0.15) is 0 Å². The molecule has 2 heteroatoms. The van der Waals surface area contributed by atoms with Crippen LogP contribution in [0.25, 0.3) is 0 Å². The zero-order valence-electron chi connectivity index (χ0n) is 11.9. The van der Waals surface area contributed by atoms with Crippen molar-refractivity contribution in [1.29, 1.82) is 0 Å². The molecule has 1 N–H and O–H groups in total. The minimum atomic E-state index is 0.601. The van der Waals surface area contributed by atoms with E-state index in [0.717, 1.165) is 24.0 Å². The fourth-order valence-corrected chi connectivity index (χ4v) is 2.68. The Morgan fingerprint density at radius 3 is 2.17 bits per heavy atom. The lowest BCUT2D eigenvalue weighted by Gasteiger charge is -2.26. The van der Waals surface area contributed by atoms with Crippen LogP contribution in [0.5, 0.6) is 0 Å². The minimum absolute atomic E-state index is 0.601. The number of benzene rings is 1. The molecule has 0 aliphatic carbocycles. The summed E-state index contributed by atoms with van der Waals surface area (Å²) in [5, 5.41) is 4.39. The van der Waals surface area contributed by atoms with Crippen molar-refractivity contribution in [2.45, 2.75) is 46.0 Å². The summed E-state index contributed by atoms with van der Waals surface area (Å²) >= 11 is 5.97. The Bertz CT molecular complexity index is 316. The molecule has 0 aromatic heterocycles. The van der Waals surface area contributed by atoms with Crippen LogP contribution in [0, 0.1) is 5.92 Å². The molecule has 0 aliphatic heterocycles. The Hall–Kier alpha value is -0.530. The Morgan fingerprint density at radius 2 is 1.67 bits per heavy atom. The van der Waals surface area contributed by atoms with Gasteiger partial charge in [-0.3, -0.25) is 0 Å². The summed E-state index contributed by atoms with van der Waals surface area (Å²) < 4.78 is 0. The maximum Gasteiger partial charge on any atom is 0.0406 e. The Morgan fingerprint density at radius 1 is 1.06 bits per heavy atom. The summed E-state index contributed by atoms with van der Waals surface area (Å²) in [6.45, 7) is 8.96. The van der Waals surface area contributed by atoms with Gasteiger partial charge in [-0.15, -0.1) is 0 Å². The van der Waals surface area contributed by atoms with Crippen molar-refractivity contribution < 1.29 is 0 Å². The lowest BCUT2D eigenvalue weighted by molar-refractivity contribution is 0.380. The summed E-state index contributed by atoms with van der Waals surface area (Å²) in [6, 6.07) is 8.37. The molecule has 1 aromatic carbocycles. The van der Waals surface area contributed by atoms with Crippen LogP contribution in [-0.2, 0) is 0 Å². The fraction of sp³-hybridized carbons (Fsp3) is 0.625. The highest BCUT2D eigenvalue weighted by Gasteiger charge is 2.19. The molecule has 102 valence electrons. The highest BCUT2D eigenvalue weighted by Crippen LogP contribution is 2.29. The number of hydrogen-bond donors (Lipinski definition) is 1. The molecular formula is C16H26ClN. The lowest BCUT2D eigenvalue weighted by Crippen LogP contribution is -2.27. The first-order valence-electron chi connectivity index (χ1n) is 7.19. The maximum absolute atomic E-state index is 5.97. The number of hydrogen-bond acceptors (Lipinski definition) is 1. The fourth-order valence-electron chi connectivity index (χ4n) is 2.56. The largest absolute Gasteiger partial charge is 0.316 e. The standard InChI is InChI=1S/C16H26ClN/c1-4-11-18-12-16(13(5-2)6-3)14-7-9-15(17)10-8-14/h7-10,13,16,18H,4-6,11-12H2,1-3H3. The van der Waals surface area contributed by atoms with E-state index in [1.165, 1.54) is 24.8 Å². The van der Waals surface area contributed by atoms with Crippen LogP contribution >= 0.6 is 11.6 Å². The molecule has 0 spiro atoms. The van der Waals surface area contributed by atoms with E-state index in [2.05, 4.69) is 38.2 Å². The molecule has 18 heavy (non-hydrogen) atoms. The Kier molecular flexibility index (Phi) is 7.38. The molecule has 0 saturated heterocycles. The normalized spacial score (nSPS) is 12.9. The van der Waals surface area contributed by atoms with Gasteiger partial charge in [0.2, 0.25) is 0 Å². The zero-order valence-corrected chi connectivity index (χ0v) is 12.6. The van der Waals surface area contributed by atoms with Gasteiger partial charge in [0.25, 0.3) is 0 Å². The third-order valence-corrected chi connectivity index (χ3v) is 3.96.